The van der Waals surface area contributed by atoms with E-state index in [2.05, 4.69) is 5.59 Å². The van der Waals surface area contributed by atoms with Crippen molar-refractivity contribution in [3.8, 4) is 11.5 Å². The molecule has 1 fully saturated rings. The Morgan fingerprint density at radius 1 is 1.06 bits per heavy atom. The van der Waals surface area contributed by atoms with Crippen LogP contribution < -0.4 is 20.8 Å². The van der Waals surface area contributed by atoms with Gasteiger partial charge in [-0.25, -0.2) is 9.59 Å². The highest BCUT2D eigenvalue weighted by molar-refractivity contribution is 7.80. The molecule has 0 bridgehead atoms. The van der Waals surface area contributed by atoms with Crippen molar-refractivity contribution < 1.29 is 33.6 Å². The highest BCUT2D eigenvalue weighted by Gasteiger charge is 2.25. The van der Waals surface area contributed by atoms with Crippen LogP contribution in [0.2, 0.25) is 0 Å². The lowest BCUT2D eigenvalue weighted by Gasteiger charge is -2.10. The number of hydrogen-bond acceptors (Lipinski definition) is 8. The summed E-state index contributed by atoms with van der Waals surface area (Å²) in [5, 5.41) is 1.51. The van der Waals surface area contributed by atoms with Gasteiger partial charge in [0.1, 0.15) is 22.1 Å². The van der Waals surface area contributed by atoms with Crippen molar-refractivity contribution in [1.29, 1.82) is 0 Å². The molecule has 1 aliphatic heterocycles. The van der Waals surface area contributed by atoms with E-state index in [-0.39, 0.29) is 22.1 Å². The first-order valence-electron chi connectivity index (χ1n) is 9.59. The molecule has 0 atom stereocenters. The summed E-state index contributed by atoms with van der Waals surface area (Å²) in [6.45, 7) is 0.690. The SMILES string of the molecule is NC(=S)c1ccc(OC(=O)Oc2ccccc2C(=O)OCON[N+](=O)N2CCCC2)cc1. The molecule has 0 unspecified atom stereocenters. The number of nitrogens with two attached hydrogens (primary N) is 1. The smallest absolute Gasteiger partial charge is 0.432 e. The summed E-state index contributed by atoms with van der Waals surface area (Å²) in [5.41, 5.74) is 8.23. The fourth-order valence-electron chi connectivity index (χ4n) is 2.80. The van der Waals surface area contributed by atoms with Gasteiger partial charge in [-0.05, 0) is 49.2 Å². The first kappa shape index (κ1) is 22.9. The monoisotopic (exact) mass is 461 g/mol. The molecular formula is C20H21N4O7S+. The van der Waals surface area contributed by atoms with Crippen molar-refractivity contribution in [2.75, 3.05) is 19.9 Å². The van der Waals surface area contributed by atoms with Crippen LogP contribution in [-0.2, 0) is 9.57 Å². The van der Waals surface area contributed by atoms with Gasteiger partial charge in [0, 0.05) is 11.2 Å². The maximum absolute atomic E-state index is 12.3. The summed E-state index contributed by atoms with van der Waals surface area (Å²) < 4.78 is 15.2. The van der Waals surface area contributed by atoms with Gasteiger partial charge >= 0.3 is 12.1 Å². The fraction of sp³-hybridized carbons (Fsp3) is 0.250. The molecule has 0 saturated carbocycles. The molecule has 1 saturated heterocycles. The van der Waals surface area contributed by atoms with Crippen LogP contribution in [0.5, 0.6) is 11.5 Å². The standard InChI is InChI=1S/C20H20N4O7S/c21-18(32)14-7-9-15(10-8-14)30-20(26)31-17-6-2-1-5-16(17)19(25)28-13-29-22-24(27)23-11-3-4-12-23/h1-2,5-10H,3-4,11-13H2,(H2-,21,22,27,32)/p+1. The number of hydrazine groups is 2. The van der Waals surface area contributed by atoms with E-state index in [4.69, 9.17) is 37.0 Å². The molecule has 3 N–H and O–H groups in total. The number of benzene rings is 2. The molecule has 11 nitrogen and oxygen atoms in total. The van der Waals surface area contributed by atoms with E-state index >= 15 is 0 Å². The predicted molar refractivity (Wildman–Crippen MR) is 114 cm³/mol. The molecular weight excluding hydrogens is 440 g/mol. The quantitative estimate of drug-likeness (QED) is 0.108. The lowest BCUT2D eigenvalue weighted by Crippen LogP contribution is -2.40. The number of rotatable bonds is 9. The minimum Gasteiger partial charge on any atom is -0.432 e. The zero-order chi connectivity index (χ0) is 22.9. The van der Waals surface area contributed by atoms with Crippen LogP contribution in [-0.4, -0.2) is 47.0 Å². The van der Waals surface area contributed by atoms with Gasteiger partial charge in [0.25, 0.3) is 4.98 Å². The van der Waals surface area contributed by atoms with Gasteiger partial charge in [-0.2, -0.15) is 4.84 Å². The molecule has 12 heteroatoms. The predicted octanol–water partition coefficient (Wildman–Crippen LogP) is 2.24. The molecule has 2 aromatic carbocycles. The molecule has 168 valence electrons. The first-order valence-corrected chi connectivity index (χ1v) is 10.00. The van der Waals surface area contributed by atoms with E-state index in [9.17, 15) is 14.5 Å². The van der Waals surface area contributed by atoms with Crippen molar-refractivity contribution in [2.24, 2.45) is 5.73 Å². The Hall–Kier alpha value is -3.77. The number of esters is 1. The number of nitroso groups, excluding NO2 is 1. The average molecular weight is 461 g/mol. The fourth-order valence-corrected chi connectivity index (χ4v) is 2.94. The van der Waals surface area contributed by atoms with Crippen molar-refractivity contribution in [1.82, 2.24) is 10.6 Å². The molecule has 32 heavy (non-hydrogen) atoms. The van der Waals surface area contributed by atoms with Gasteiger partial charge in [-0.3, -0.25) is 0 Å². The normalized spacial score (nSPS) is 12.7. The van der Waals surface area contributed by atoms with Crippen LogP contribution in [0, 0.1) is 4.91 Å². The van der Waals surface area contributed by atoms with Crippen LogP contribution in [0.3, 0.4) is 0 Å². The lowest BCUT2D eigenvalue weighted by atomic mass is 10.2. The van der Waals surface area contributed by atoms with Crippen LogP contribution in [0.1, 0.15) is 28.8 Å². The van der Waals surface area contributed by atoms with Crippen molar-refractivity contribution >= 4 is 29.3 Å². The maximum atomic E-state index is 12.3. The zero-order valence-electron chi connectivity index (χ0n) is 16.9. The minimum absolute atomic E-state index is 0.0320. The Labute approximate surface area is 188 Å². The Bertz CT molecular complexity index is 994. The number of para-hydroxylation sites is 1. The molecule has 1 aliphatic rings. The van der Waals surface area contributed by atoms with E-state index in [1.807, 2.05) is 0 Å². The topological polar surface area (TPSA) is 132 Å². The molecule has 0 spiro atoms. The third-order valence-electron chi connectivity index (χ3n) is 4.37. The van der Waals surface area contributed by atoms with Crippen LogP contribution >= 0.6 is 12.2 Å². The number of carbonyl (C=O) groups excluding carboxylic acids is 2. The largest absolute Gasteiger partial charge is 0.519 e. The number of nitrogens with one attached hydrogen (secondary N) is 1. The number of nitrogens with zero attached hydrogens (tertiary/aromatic N) is 2. The lowest BCUT2D eigenvalue weighted by molar-refractivity contribution is -0.787. The third-order valence-corrected chi connectivity index (χ3v) is 4.61. The highest BCUT2D eigenvalue weighted by atomic mass is 32.1. The van der Waals surface area contributed by atoms with Gasteiger partial charge in [-0.15, -0.1) is 5.01 Å². The second-order valence-corrected chi connectivity index (χ2v) is 7.00. The first-order chi connectivity index (χ1) is 15.4. The molecule has 0 aliphatic carbocycles. The van der Waals surface area contributed by atoms with Gasteiger partial charge in [-0.1, -0.05) is 24.4 Å². The summed E-state index contributed by atoms with van der Waals surface area (Å²) in [6, 6.07) is 12.1. The highest BCUT2D eigenvalue weighted by Crippen LogP contribution is 2.21. The van der Waals surface area contributed by atoms with Crippen molar-refractivity contribution in [2.45, 2.75) is 12.8 Å². The number of ether oxygens (including phenoxy) is 3. The average Bonchev–Trinajstić information content (AvgIpc) is 3.32. The van der Waals surface area contributed by atoms with E-state index < -0.39 is 18.9 Å². The van der Waals surface area contributed by atoms with E-state index in [0.717, 1.165) is 12.8 Å². The van der Waals surface area contributed by atoms with E-state index in [1.54, 1.807) is 24.3 Å². The number of thiocarbonyl (C=S) groups is 1. The minimum atomic E-state index is -1.06. The second-order valence-electron chi connectivity index (χ2n) is 6.56. The van der Waals surface area contributed by atoms with E-state index in [1.165, 1.54) is 29.3 Å². The van der Waals surface area contributed by atoms with Gasteiger partial charge in [0.15, 0.2) is 0 Å². The molecule has 2 aromatic rings. The molecule has 1 heterocycles. The Morgan fingerprint density at radius 2 is 1.75 bits per heavy atom. The molecule has 0 radical (unpaired) electrons. The Morgan fingerprint density at radius 3 is 2.44 bits per heavy atom. The summed E-state index contributed by atoms with van der Waals surface area (Å²) in [4.78, 5) is 41.7. The summed E-state index contributed by atoms with van der Waals surface area (Å²) in [7, 11) is 0. The maximum Gasteiger partial charge on any atom is 0.519 e. The van der Waals surface area contributed by atoms with Gasteiger partial charge in [0.05, 0.1) is 18.0 Å². The summed E-state index contributed by atoms with van der Waals surface area (Å²) >= 11 is 4.86. The molecule has 3 rings (SSSR count). The van der Waals surface area contributed by atoms with Crippen LogP contribution in [0.25, 0.3) is 0 Å². The van der Waals surface area contributed by atoms with Crippen molar-refractivity contribution in [3.63, 3.8) is 0 Å². The van der Waals surface area contributed by atoms with Crippen molar-refractivity contribution in [3.05, 3.63) is 64.6 Å². The number of carbonyl (C=O) groups is 2. The summed E-state index contributed by atoms with van der Waals surface area (Å²) in [6.07, 6.45) is 0.780. The van der Waals surface area contributed by atoms with E-state index in [0.29, 0.717) is 23.6 Å². The number of hydrogen-bond donors (Lipinski definition) is 2. The molecule has 0 amide bonds. The second kappa shape index (κ2) is 11.0. The Balaban J connectivity index is 1.50. The van der Waals surface area contributed by atoms with Crippen LogP contribution in [0.4, 0.5) is 4.79 Å². The summed E-state index contributed by atoms with van der Waals surface area (Å²) in [5.74, 6) is -0.693. The molecule has 0 aromatic heterocycles. The third kappa shape index (κ3) is 6.36. The zero-order valence-corrected chi connectivity index (χ0v) is 17.7. The van der Waals surface area contributed by atoms with Gasteiger partial charge in [0.2, 0.25) is 6.79 Å². The van der Waals surface area contributed by atoms with Crippen LogP contribution in [0.15, 0.2) is 48.5 Å². The van der Waals surface area contributed by atoms with Gasteiger partial charge < -0.3 is 19.9 Å². The Kier molecular flexibility index (Phi) is 7.89.